The third-order valence-electron chi connectivity index (χ3n) is 1.81. The maximum absolute atomic E-state index is 10.4. The van der Waals surface area contributed by atoms with Crippen LogP contribution in [0.1, 0.15) is 18.4 Å². The fourth-order valence-electron chi connectivity index (χ4n) is 1.04. The molecule has 0 saturated carbocycles. The van der Waals surface area contributed by atoms with Crippen LogP contribution in [0.4, 0.5) is 5.69 Å². The Morgan fingerprint density at radius 1 is 1.58 bits per heavy atom. The van der Waals surface area contributed by atoms with Crippen LogP contribution in [0.25, 0.3) is 0 Å². The minimum Gasteiger partial charge on any atom is -0.506 e. The number of benzene rings is 1. The van der Waals surface area contributed by atoms with Crippen LogP contribution in [0.5, 0.6) is 5.75 Å². The van der Waals surface area contributed by atoms with Crippen molar-refractivity contribution in [3.8, 4) is 5.75 Å². The summed E-state index contributed by atoms with van der Waals surface area (Å²) >= 11 is 0. The predicted molar refractivity (Wildman–Crippen MR) is 47.0 cm³/mol. The molecule has 0 spiro atoms. The summed E-state index contributed by atoms with van der Waals surface area (Å²) in [4.78, 5) is 10.4. The molecule has 12 heavy (non-hydrogen) atoms. The topological polar surface area (TPSA) is 63.3 Å². The molecule has 0 aliphatic carbocycles. The number of nitrogens with two attached hydrogens (primary N) is 1. The van der Waals surface area contributed by atoms with Gasteiger partial charge in [0.1, 0.15) is 12.0 Å². The van der Waals surface area contributed by atoms with E-state index in [-0.39, 0.29) is 17.4 Å². The van der Waals surface area contributed by atoms with Crippen molar-refractivity contribution in [1.29, 1.82) is 0 Å². The highest BCUT2D eigenvalue weighted by Gasteiger charge is 2.09. The molecule has 0 fully saturated rings. The van der Waals surface area contributed by atoms with Crippen molar-refractivity contribution in [2.75, 3.05) is 5.73 Å². The summed E-state index contributed by atoms with van der Waals surface area (Å²) < 4.78 is 0. The zero-order valence-electron chi connectivity index (χ0n) is 6.82. The zero-order chi connectivity index (χ0) is 9.14. The standard InChI is InChI=1S/C9H11NO2/c1-6(5-11)7-3-2-4-8(12)9(7)10/h2-6,12H,10H2,1H3. The lowest BCUT2D eigenvalue weighted by Crippen LogP contribution is -2.00. The highest BCUT2D eigenvalue weighted by Crippen LogP contribution is 2.28. The molecule has 0 aliphatic heterocycles. The molecule has 3 nitrogen and oxygen atoms in total. The Kier molecular flexibility index (Phi) is 2.33. The molecule has 1 atom stereocenters. The van der Waals surface area contributed by atoms with Crippen molar-refractivity contribution in [3.05, 3.63) is 23.8 Å². The molecule has 1 aromatic rings. The third kappa shape index (κ3) is 1.39. The monoisotopic (exact) mass is 165 g/mol. The summed E-state index contributed by atoms with van der Waals surface area (Å²) in [6.45, 7) is 1.73. The van der Waals surface area contributed by atoms with E-state index in [2.05, 4.69) is 0 Å². The van der Waals surface area contributed by atoms with E-state index in [0.717, 1.165) is 6.29 Å². The molecular weight excluding hydrogens is 154 g/mol. The molecule has 0 amide bonds. The van der Waals surface area contributed by atoms with Crippen molar-refractivity contribution < 1.29 is 9.90 Å². The van der Waals surface area contributed by atoms with Gasteiger partial charge in [0.15, 0.2) is 0 Å². The summed E-state index contributed by atoms with van der Waals surface area (Å²) in [6, 6.07) is 4.89. The Labute approximate surface area is 70.8 Å². The normalized spacial score (nSPS) is 12.4. The first-order chi connectivity index (χ1) is 5.66. The Bertz CT molecular complexity index is 297. The number of hydrogen-bond donors (Lipinski definition) is 2. The summed E-state index contributed by atoms with van der Waals surface area (Å²) in [5, 5.41) is 9.20. The van der Waals surface area contributed by atoms with Gasteiger partial charge in [-0.3, -0.25) is 0 Å². The van der Waals surface area contributed by atoms with Crippen LogP contribution in [0.2, 0.25) is 0 Å². The number of carbonyl (C=O) groups excluding carboxylic acids is 1. The van der Waals surface area contributed by atoms with Gasteiger partial charge in [0.2, 0.25) is 0 Å². The fourth-order valence-corrected chi connectivity index (χ4v) is 1.04. The number of para-hydroxylation sites is 1. The minimum atomic E-state index is -0.267. The van der Waals surface area contributed by atoms with E-state index >= 15 is 0 Å². The maximum Gasteiger partial charge on any atom is 0.138 e. The fraction of sp³-hybridized carbons (Fsp3) is 0.222. The molecule has 0 radical (unpaired) electrons. The first-order valence-corrected chi connectivity index (χ1v) is 3.69. The van der Waals surface area contributed by atoms with Crippen LogP contribution in [-0.2, 0) is 4.79 Å². The quantitative estimate of drug-likeness (QED) is 0.394. The van der Waals surface area contributed by atoms with E-state index in [9.17, 15) is 9.90 Å². The van der Waals surface area contributed by atoms with Crippen molar-refractivity contribution in [2.24, 2.45) is 0 Å². The number of carbonyl (C=O) groups is 1. The van der Waals surface area contributed by atoms with E-state index in [0.29, 0.717) is 5.56 Å². The van der Waals surface area contributed by atoms with E-state index in [1.54, 1.807) is 19.1 Å². The van der Waals surface area contributed by atoms with Gasteiger partial charge in [-0.1, -0.05) is 19.1 Å². The molecule has 0 saturated heterocycles. The second kappa shape index (κ2) is 3.26. The van der Waals surface area contributed by atoms with E-state index in [4.69, 9.17) is 5.73 Å². The van der Waals surface area contributed by atoms with E-state index < -0.39 is 0 Å². The van der Waals surface area contributed by atoms with Gasteiger partial charge in [0.25, 0.3) is 0 Å². The van der Waals surface area contributed by atoms with Crippen LogP contribution in [0.15, 0.2) is 18.2 Å². The largest absolute Gasteiger partial charge is 0.506 e. The zero-order valence-corrected chi connectivity index (χ0v) is 6.82. The molecule has 0 aliphatic rings. The smallest absolute Gasteiger partial charge is 0.138 e. The number of anilines is 1. The lowest BCUT2D eigenvalue weighted by atomic mass is 10.0. The number of phenols is 1. The average molecular weight is 165 g/mol. The molecule has 0 heterocycles. The molecule has 1 rings (SSSR count). The minimum absolute atomic E-state index is 0.0289. The van der Waals surface area contributed by atoms with Gasteiger partial charge in [0.05, 0.1) is 5.69 Å². The van der Waals surface area contributed by atoms with Crippen LogP contribution in [-0.4, -0.2) is 11.4 Å². The van der Waals surface area contributed by atoms with Crippen LogP contribution < -0.4 is 5.73 Å². The van der Waals surface area contributed by atoms with Crippen molar-refractivity contribution in [2.45, 2.75) is 12.8 Å². The first-order valence-electron chi connectivity index (χ1n) is 3.69. The number of aromatic hydroxyl groups is 1. The Morgan fingerprint density at radius 3 is 2.83 bits per heavy atom. The summed E-state index contributed by atoms with van der Waals surface area (Å²) in [5.41, 5.74) is 6.51. The number of rotatable bonds is 2. The highest BCUT2D eigenvalue weighted by molar-refractivity contribution is 5.69. The van der Waals surface area contributed by atoms with Gasteiger partial charge in [0, 0.05) is 5.92 Å². The van der Waals surface area contributed by atoms with Gasteiger partial charge < -0.3 is 15.6 Å². The Hall–Kier alpha value is -1.51. The Balaban J connectivity index is 3.15. The predicted octanol–water partition coefficient (Wildman–Crippen LogP) is 1.28. The van der Waals surface area contributed by atoms with Crippen LogP contribution in [0.3, 0.4) is 0 Å². The molecule has 1 aromatic carbocycles. The molecule has 0 bridgehead atoms. The number of nitrogen functional groups attached to an aromatic ring is 1. The molecule has 3 N–H and O–H groups in total. The molecule has 64 valence electrons. The van der Waals surface area contributed by atoms with Gasteiger partial charge in [-0.15, -0.1) is 0 Å². The highest BCUT2D eigenvalue weighted by atomic mass is 16.3. The Morgan fingerprint density at radius 2 is 2.25 bits per heavy atom. The molecule has 1 unspecified atom stereocenters. The maximum atomic E-state index is 10.4. The van der Waals surface area contributed by atoms with E-state index in [1.165, 1.54) is 6.07 Å². The lowest BCUT2D eigenvalue weighted by Gasteiger charge is -2.08. The van der Waals surface area contributed by atoms with Gasteiger partial charge >= 0.3 is 0 Å². The van der Waals surface area contributed by atoms with Gasteiger partial charge in [-0.05, 0) is 11.6 Å². The van der Waals surface area contributed by atoms with Crippen molar-refractivity contribution >= 4 is 12.0 Å². The van der Waals surface area contributed by atoms with E-state index in [1.807, 2.05) is 0 Å². The third-order valence-corrected chi connectivity index (χ3v) is 1.81. The van der Waals surface area contributed by atoms with Crippen molar-refractivity contribution in [3.63, 3.8) is 0 Å². The summed E-state index contributed by atoms with van der Waals surface area (Å²) in [6.07, 6.45) is 0.797. The van der Waals surface area contributed by atoms with Crippen molar-refractivity contribution in [1.82, 2.24) is 0 Å². The van der Waals surface area contributed by atoms with Gasteiger partial charge in [-0.25, -0.2) is 0 Å². The molecule has 3 heteroatoms. The number of aldehydes is 1. The second-order valence-electron chi connectivity index (χ2n) is 2.70. The average Bonchev–Trinajstić information content (AvgIpc) is 2.08. The van der Waals surface area contributed by atoms with Crippen LogP contribution in [0, 0.1) is 0 Å². The first kappa shape index (κ1) is 8.59. The molecular formula is C9H11NO2. The summed E-state index contributed by atoms with van der Waals surface area (Å²) in [5.74, 6) is -0.238. The lowest BCUT2D eigenvalue weighted by molar-refractivity contribution is -0.108. The van der Waals surface area contributed by atoms with Gasteiger partial charge in [-0.2, -0.15) is 0 Å². The summed E-state index contributed by atoms with van der Waals surface area (Å²) in [7, 11) is 0. The SMILES string of the molecule is CC(C=O)c1cccc(O)c1N. The molecule has 0 aromatic heterocycles. The van der Waals surface area contributed by atoms with Crippen LogP contribution >= 0.6 is 0 Å². The second-order valence-corrected chi connectivity index (χ2v) is 2.70. The number of phenolic OH excluding ortho intramolecular Hbond substituents is 1. The number of hydrogen-bond acceptors (Lipinski definition) is 3.